The Hall–Kier alpha value is -3.68. The van der Waals surface area contributed by atoms with Gasteiger partial charge in [0.15, 0.2) is 6.61 Å². The zero-order chi connectivity index (χ0) is 20.5. The molecule has 2 rings (SSSR count). The summed E-state index contributed by atoms with van der Waals surface area (Å²) < 4.78 is 19.7. The van der Waals surface area contributed by atoms with Crippen molar-refractivity contribution < 1.29 is 38.1 Å². The number of esters is 4. The van der Waals surface area contributed by atoms with E-state index in [0.717, 1.165) is 6.61 Å². The van der Waals surface area contributed by atoms with E-state index in [-0.39, 0.29) is 23.5 Å². The monoisotopic (exact) mass is 385 g/mol. The first-order chi connectivity index (χ1) is 13.4. The molecule has 2 aromatic carbocycles. The molecule has 1 radical (unpaired) electrons. The molecule has 0 bridgehead atoms. The van der Waals surface area contributed by atoms with Crippen molar-refractivity contribution >= 4 is 23.9 Å². The predicted molar refractivity (Wildman–Crippen MR) is 95.5 cm³/mol. The molecule has 0 atom stereocenters. The molecule has 0 spiro atoms. The smallest absolute Gasteiger partial charge is 0.342 e. The Morgan fingerprint density at radius 1 is 0.821 bits per heavy atom. The van der Waals surface area contributed by atoms with E-state index in [2.05, 4.69) is 0 Å². The summed E-state index contributed by atoms with van der Waals surface area (Å²) in [5.41, 5.74) is 0.289. The minimum atomic E-state index is -0.765. The Bertz CT molecular complexity index is 870. The van der Waals surface area contributed by atoms with Gasteiger partial charge in [0, 0.05) is 13.8 Å². The molecule has 2 aromatic rings. The van der Waals surface area contributed by atoms with Gasteiger partial charge in [-0.1, -0.05) is 12.1 Å². The summed E-state index contributed by atoms with van der Waals surface area (Å²) in [4.78, 5) is 45.9. The summed E-state index contributed by atoms with van der Waals surface area (Å²) in [7, 11) is 0. The average Bonchev–Trinajstić information content (AvgIpc) is 2.65. The van der Waals surface area contributed by atoms with Crippen LogP contribution in [0.3, 0.4) is 0 Å². The molecule has 145 valence electrons. The number of ether oxygens (including phenoxy) is 4. The highest BCUT2D eigenvalue weighted by molar-refractivity contribution is 5.93. The second-order valence-electron chi connectivity index (χ2n) is 5.38. The Labute approximate surface area is 161 Å². The average molecular weight is 385 g/mol. The lowest BCUT2D eigenvalue weighted by Gasteiger charge is -2.09. The lowest BCUT2D eigenvalue weighted by Crippen LogP contribution is -2.12. The molecular weight excluding hydrogens is 368 g/mol. The van der Waals surface area contributed by atoms with Crippen molar-refractivity contribution in [3.63, 3.8) is 0 Å². The van der Waals surface area contributed by atoms with Crippen LogP contribution in [0.1, 0.15) is 34.6 Å². The highest BCUT2D eigenvalue weighted by Crippen LogP contribution is 2.19. The fourth-order valence-electron chi connectivity index (χ4n) is 2.07. The largest absolute Gasteiger partial charge is 0.458 e. The fourth-order valence-corrected chi connectivity index (χ4v) is 2.07. The molecule has 0 aliphatic carbocycles. The van der Waals surface area contributed by atoms with E-state index in [1.165, 1.54) is 50.2 Å². The maximum atomic E-state index is 12.1. The van der Waals surface area contributed by atoms with E-state index >= 15 is 0 Å². The Kier molecular flexibility index (Phi) is 7.27. The molecule has 0 fully saturated rings. The Balaban J connectivity index is 1.82. The van der Waals surface area contributed by atoms with Crippen molar-refractivity contribution in [3.8, 4) is 11.5 Å². The molecule has 8 heteroatoms. The highest BCUT2D eigenvalue weighted by atomic mass is 16.6. The summed E-state index contributed by atoms with van der Waals surface area (Å²) in [6.07, 6.45) is 0. The minimum absolute atomic E-state index is 0.0568. The molecule has 0 amide bonds. The Morgan fingerprint density at radius 2 is 1.46 bits per heavy atom. The number of carbonyl (C=O) groups excluding carboxylic acids is 4. The van der Waals surface area contributed by atoms with E-state index in [4.69, 9.17) is 18.9 Å². The van der Waals surface area contributed by atoms with Crippen molar-refractivity contribution in [2.75, 3.05) is 6.61 Å². The van der Waals surface area contributed by atoms with E-state index in [0.29, 0.717) is 5.75 Å². The van der Waals surface area contributed by atoms with Crippen LogP contribution in [0.2, 0.25) is 0 Å². The molecule has 0 saturated carbocycles. The molecule has 8 nitrogen and oxygen atoms in total. The number of hydrogen-bond acceptors (Lipinski definition) is 8. The fraction of sp³-hybridized carbons (Fsp3) is 0.150. The van der Waals surface area contributed by atoms with Crippen LogP contribution in [0.15, 0.2) is 48.5 Å². The van der Waals surface area contributed by atoms with E-state index in [1.54, 1.807) is 12.1 Å². The standard InChI is InChI=1S/C20H17O8/c1-13(21)27-16-9-7-15(8-10-16)19(23)25-11-12-26-20(24)17-5-3-4-6-18(17)28-14(2)22/h3-10,12H,11H2,1-2H3. The van der Waals surface area contributed by atoms with Crippen molar-refractivity contribution in [1.29, 1.82) is 0 Å². The summed E-state index contributed by atoms with van der Waals surface area (Å²) in [6, 6.07) is 11.9. The van der Waals surface area contributed by atoms with Gasteiger partial charge in [0.1, 0.15) is 23.7 Å². The molecule has 28 heavy (non-hydrogen) atoms. The van der Waals surface area contributed by atoms with Gasteiger partial charge in [-0.2, -0.15) is 0 Å². The quantitative estimate of drug-likeness (QED) is 0.407. The van der Waals surface area contributed by atoms with Crippen molar-refractivity contribution in [3.05, 3.63) is 66.3 Å². The van der Waals surface area contributed by atoms with Crippen molar-refractivity contribution in [2.24, 2.45) is 0 Å². The molecule has 0 aromatic heterocycles. The number of rotatable bonds is 7. The van der Waals surface area contributed by atoms with Gasteiger partial charge in [-0.25, -0.2) is 9.59 Å². The van der Waals surface area contributed by atoms with Crippen LogP contribution >= 0.6 is 0 Å². The predicted octanol–water partition coefficient (Wildman–Crippen LogP) is 2.71. The summed E-state index contributed by atoms with van der Waals surface area (Å²) in [5.74, 6) is -2.09. The van der Waals surface area contributed by atoms with Gasteiger partial charge in [-0.05, 0) is 36.4 Å². The summed E-state index contributed by atoms with van der Waals surface area (Å²) >= 11 is 0. The second kappa shape index (κ2) is 9.86. The lowest BCUT2D eigenvalue weighted by atomic mass is 10.2. The molecule has 0 saturated heterocycles. The second-order valence-corrected chi connectivity index (χ2v) is 5.38. The molecule has 0 aliphatic rings. The van der Waals surface area contributed by atoms with Gasteiger partial charge in [0.05, 0.1) is 5.56 Å². The van der Waals surface area contributed by atoms with Gasteiger partial charge < -0.3 is 18.9 Å². The molecule has 0 heterocycles. The normalized spacial score (nSPS) is 9.93. The van der Waals surface area contributed by atoms with Crippen LogP contribution in [-0.2, 0) is 19.1 Å². The maximum Gasteiger partial charge on any atom is 0.342 e. The first-order valence-electron chi connectivity index (χ1n) is 8.12. The molecule has 0 unspecified atom stereocenters. The number of hydrogen-bond donors (Lipinski definition) is 0. The number of benzene rings is 2. The van der Waals surface area contributed by atoms with Crippen LogP contribution in [0.5, 0.6) is 11.5 Å². The minimum Gasteiger partial charge on any atom is -0.458 e. The van der Waals surface area contributed by atoms with E-state index < -0.39 is 23.9 Å². The van der Waals surface area contributed by atoms with Crippen molar-refractivity contribution in [1.82, 2.24) is 0 Å². The third-order valence-corrected chi connectivity index (χ3v) is 3.19. The summed E-state index contributed by atoms with van der Waals surface area (Å²) in [6.45, 7) is 3.21. The Morgan fingerprint density at radius 3 is 2.11 bits per heavy atom. The van der Waals surface area contributed by atoms with Crippen LogP contribution in [0.4, 0.5) is 0 Å². The summed E-state index contributed by atoms with van der Waals surface area (Å²) in [5, 5.41) is 0. The van der Waals surface area contributed by atoms with Gasteiger partial charge >= 0.3 is 23.9 Å². The van der Waals surface area contributed by atoms with Crippen LogP contribution in [0, 0.1) is 6.61 Å². The van der Waals surface area contributed by atoms with Gasteiger partial charge in [0.25, 0.3) is 0 Å². The highest BCUT2D eigenvalue weighted by Gasteiger charge is 2.15. The lowest BCUT2D eigenvalue weighted by molar-refractivity contribution is -0.132. The third-order valence-electron chi connectivity index (χ3n) is 3.19. The van der Waals surface area contributed by atoms with Gasteiger partial charge in [-0.15, -0.1) is 0 Å². The zero-order valence-corrected chi connectivity index (χ0v) is 15.2. The van der Waals surface area contributed by atoms with Crippen LogP contribution < -0.4 is 9.47 Å². The molecular formula is C20H17O8. The maximum absolute atomic E-state index is 12.1. The van der Waals surface area contributed by atoms with Gasteiger partial charge in [-0.3, -0.25) is 9.59 Å². The first-order valence-corrected chi connectivity index (χ1v) is 8.12. The number of carbonyl (C=O) groups is 4. The van der Waals surface area contributed by atoms with E-state index in [9.17, 15) is 19.2 Å². The van der Waals surface area contributed by atoms with Crippen LogP contribution in [0.25, 0.3) is 0 Å². The zero-order valence-electron chi connectivity index (χ0n) is 15.2. The number of para-hydroxylation sites is 1. The SMILES string of the molecule is CC(=O)Oc1ccc(C(=O)OC[CH]OC(=O)c2ccccc2OC(C)=O)cc1. The third kappa shape index (κ3) is 6.24. The topological polar surface area (TPSA) is 105 Å². The van der Waals surface area contributed by atoms with Crippen LogP contribution in [-0.4, -0.2) is 30.5 Å². The van der Waals surface area contributed by atoms with Gasteiger partial charge in [0.2, 0.25) is 0 Å². The molecule has 0 N–H and O–H groups in total. The van der Waals surface area contributed by atoms with Crippen molar-refractivity contribution in [2.45, 2.75) is 13.8 Å². The van der Waals surface area contributed by atoms with E-state index in [1.807, 2.05) is 0 Å². The first kappa shape index (κ1) is 20.6. The molecule has 0 aliphatic heterocycles.